The van der Waals surface area contributed by atoms with E-state index in [1.54, 1.807) is 0 Å². The highest BCUT2D eigenvalue weighted by Gasteiger charge is 2.29. The maximum Gasteiger partial charge on any atom is 0.0793 e. The fraction of sp³-hybridized carbons (Fsp3) is 0.647. The zero-order valence-electron chi connectivity index (χ0n) is 13.2. The quantitative estimate of drug-likeness (QED) is 0.810. The molecule has 0 amide bonds. The van der Waals surface area contributed by atoms with E-state index in [0.717, 1.165) is 6.54 Å². The lowest BCUT2D eigenvalue weighted by Gasteiger charge is -2.31. The number of anilines is 1. The summed E-state index contributed by atoms with van der Waals surface area (Å²) in [4.78, 5) is 5.20. The molecule has 1 aromatic rings. The lowest BCUT2D eigenvalue weighted by atomic mass is 10.0. The Morgan fingerprint density at radius 1 is 1.11 bits per heavy atom. The summed E-state index contributed by atoms with van der Waals surface area (Å²) >= 11 is 0. The minimum absolute atomic E-state index is 0.534. The first-order valence-electron chi connectivity index (χ1n) is 7.63. The SMILES string of the molecule is CCCCN1CCN(c2c(C)cc(C)cc2C)C1C. The molecule has 1 aliphatic heterocycles. The van der Waals surface area contributed by atoms with E-state index in [1.165, 1.54) is 48.3 Å². The van der Waals surface area contributed by atoms with Gasteiger partial charge in [-0.05, 0) is 45.2 Å². The van der Waals surface area contributed by atoms with Gasteiger partial charge in [0.2, 0.25) is 0 Å². The second-order valence-electron chi connectivity index (χ2n) is 5.96. The largest absolute Gasteiger partial charge is 0.354 e. The summed E-state index contributed by atoms with van der Waals surface area (Å²) in [5.41, 5.74) is 5.66. The molecular formula is C17H28N2. The standard InChI is InChI=1S/C17H28N2/c1-6-7-8-18-9-10-19(16(18)5)17-14(3)11-13(2)12-15(17)4/h11-12,16H,6-10H2,1-5H3. The van der Waals surface area contributed by atoms with Crippen LogP contribution in [-0.2, 0) is 0 Å². The van der Waals surface area contributed by atoms with Gasteiger partial charge in [0, 0.05) is 25.3 Å². The van der Waals surface area contributed by atoms with Gasteiger partial charge >= 0.3 is 0 Å². The molecule has 0 saturated carbocycles. The average Bonchev–Trinajstić information content (AvgIpc) is 2.68. The fourth-order valence-electron chi connectivity index (χ4n) is 3.39. The first kappa shape index (κ1) is 14.4. The Kier molecular flexibility index (Phi) is 4.51. The molecule has 1 unspecified atom stereocenters. The highest BCUT2D eigenvalue weighted by Crippen LogP contribution is 2.31. The number of unbranched alkanes of at least 4 members (excludes halogenated alkanes) is 1. The van der Waals surface area contributed by atoms with E-state index in [9.17, 15) is 0 Å². The molecule has 1 aromatic carbocycles. The van der Waals surface area contributed by atoms with Gasteiger partial charge in [0.1, 0.15) is 0 Å². The van der Waals surface area contributed by atoms with Gasteiger partial charge in [-0.15, -0.1) is 0 Å². The van der Waals surface area contributed by atoms with Crippen LogP contribution in [0, 0.1) is 20.8 Å². The third kappa shape index (κ3) is 2.94. The summed E-state index contributed by atoms with van der Waals surface area (Å²) in [5.74, 6) is 0. The maximum absolute atomic E-state index is 2.61. The Bertz CT molecular complexity index is 416. The van der Waals surface area contributed by atoms with E-state index in [-0.39, 0.29) is 0 Å². The molecule has 0 aromatic heterocycles. The third-order valence-corrected chi connectivity index (χ3v) is 4.33. The van der Waals surface area contributed by atoms with Crippen LogP contribution in [0.1, 0.15) is 43.4 Å². The van der Waals surface area contributed by atoms with Crippen molar-refractivity contribution in [2.75, 3.05) is 24.5 Å². The summed E-state index contributed by atoms with van der Waals surface area (Å²) < 4.78 is 0. The third-order valence-electron chi connectivity index (χ3n) is 4.33. The van der Waals surface area contributed by atoms with Crippen LogP contribution < -0.4 is 4.90 Å². The van der Waals surface area contributed by atoms with Gasteiger partial charge in [-0.2, -0.15) is 0 Å². The number of benzene rings is 1. The lowest BCUT2D eigenvalue weighted by molar-refractivity contribution is 0.266. The minimum Gasteiger partial charge on any atom is -0.354 e. The van der Waals surface area contributed by atoms with Crippen LogP contribution in [0.25, 0.3) is 0 Å². The molecule has 0 bridgehead atoms. The predicted octanol–water partition coefficient (Wildman–Crippen LogP) is 3.88. The molecule has 106 valence electrons. The van der Waals surface area contributed by atoms with E-state index in [2.05, 4.69) is 56.6 Å². The molecule has 1 saturated heterocycles. The monoisotopic (exact) mass is 260 g/mol. The van der Waals surface area contributed by atoms with Crippen molar-refractivity contribution in [3.8, 4) is 0 Å². The van der Waals surface area contributed by atoms with Crippen molar-refractivity contribution in [2.24, 2.45) is 0 Å². The second kappa shape index (κ2) is 5.96. The van der Waals surface area contributed by atoms with Crippen LogP contribution in [-0.4, -0.2) is 30.7 Å². The Morgan fingerprint density at radius 2 is 1.74 bits per heavy atom. The number of hydrogen-bond acceptors (Lipinski definition) is 2. The molecule has 2 rings (SSSR count). The molecular weight excluding hydrogens is 232 g/mol. The molecule has 1 atom stereocenters. The van der Waals surface area contributed by atoms with E-state index >= 15 is 0 Å². The van der Waals surface area contributed by atoms with Gasteiger partial charge in [0.05, 0.1) is 6.17 Å². The summed E-state index contributed by atoms with van der Waals surface area (Å²) in [6.07, 6.45) is 3.13. The van der Waals surface area contributed by atoms with Crippen LogP contribution in [0.3, 0.4) is 0 Å². The lowest BCUT2D eigenvalue weighted by Crippen LogP contribution is -2.37. The Morgan fingerprint density at radius 3 is 2.32 bits per heavy atom. The van der Waals surface area contributed by atoms with Crippen LogP contribution in [0.2, 0.25) is 0 Å². The van der Waals surface area contributed by atoms with Crippen LogP contribution in [0.5, 0.6) is 0 Å². The van der Waals surface area contributed by atoms with E-state index in [0.29, 0.717) is 6.17 Å². The van der Waals surface area contributed by atoms with Gasteiger partial charge in [0.25, 0.3) is 0 Å². The summed E-state index contributed by atoms with van der Waals surface area (Å²) in [6.45, 7) is 14.9. The molecule has 1 fully saturated rings. The number of hydrogen-bond donors (Lipinski definition) is 0. The molecule has 1 aliphatic rings. The van der Waals surface area contributed by atoms with Crippen LogP contribution in [0.15, 0.2) is 12.1 Å². The molecule has 0 N–H and O–H groups in total. The number of nitrogens with zero attached hydrogens (tertiary/aromatic N) is 2. The minimum atomic E-state index is 0.534. The molecule has 0 aliphatic carbocycles. The van der Waals surface area contributed by atoms with Crippen molar-refractivity contribution in [1.29, 1.82) is 0 Å². The molecule has 0 spiro atoms. The van der Waals surface area contributed by atoms with Crippen molar-refractivity contribution in [3.63, 3.8) is 0 Å². The van der Waals surface area contributed by atoms with Crippen molar-refractivity contribution < 1.29 is 0 Å². The number of rotatable bonds is 4. The Hall–Kier alpha value is -1.02. The Labute approximate surface area is 118 Å². The molecule has 19 heavy (non-hydrogen) atoms. The van der Waals surface area contributed by atoms with E-state index in [1.807, 2.05) is 0 Å². The molecule has 2 heteroatoms. The summed E-state index contributed by atoms with van der Waals surface area (Å²) in [7, 11) is 0. The Balaban J connectivity index is 2.20. The molecule has 0 radical (unpaired) electrons. The van der Waals surface area contributed by atoms with Crippen LogP contribution >= 0.6 is 0 Å². The topological polar surface area (TPSA) is 6.48 Å². The summed E-state index contributed by atoms with van der Waals surface area (Å²) in [5, 5.41) is 0. The van der Waals surface area contributed by atoms with E-state index < -0.39 is 0 Å². The van der Waals surface area contributed by atoms with Gasteiger partial charge in [0.15, 0.2) is 0 Å². The highest BCUT2D eigenvalue weighted by molar-refractivity contribution is 5.61. The van der Waals surface area contributed by atoms with Crippen molar-refractivity contribution in [3.05, 3.63) is 28.8 Å². The fourth-order valence-corrected chi connectivity index (χ4v) is 3.39. The van der Waals surface area contributed by atoms with Crippen molar-refractivity contribution in [1.82, 2.24) is 4.90 Å². The first-order valence-corrected chi connectivity index (χ1v) is 7.63. The first-order chi connectivity index (χ1) is 9.04. The van der Waals surface area contributed by atoms with Gasteiger partial charge in [-0.1, -0.05) is 31.0 Å². The van der Waals surface area contributed by atoms with E-state index in [4.69, 9.17) is 0 Å². The van der Waals surface area contributed by atoms with Gasteiger partial charge in [-0.3, -0.25) is 4.90 Å². The normalized spacial score (nSPS) is 20.3. The second-order valence-corrected chi connectivity index (χ2v) is 5.96. The zero-order valence-corrected chi connectivity index (χ0v) is 13.2. The van der Waals surface area contributed by atoms with Crippen molar-refractivity contribution in [2.45, 2.75) is 53.6 Å². The zero-order chi connectivity index (χ0) is 14.0. The number of aryl methyl sites for hydroxylation is 3. The van der Waals surface area contributed by atoms with Crippen molar-refractivity contribution >= 4 is 5.69 Å². The highest BCUT2D eigenvalue weighted by atomic mass is 15.4. The average molecular weight is 260 g/mol. The maximum atomic E-state index is 2.61. The molecule has 2 nitrogen and oxygen atoms in total. The smallest absolute Gasteiger partial charge is 0.0793 e. The van der Waals surface area contributed by atoms with Gasteiger partial charge in [-0.25, -0.2) is 0 Å². The summed E-state index contributed by atoms with van der Waals surface area (Å²) in [6, 6.07) is 4.62. The molecule has 1 heterocycles. The predicted molar refractivity (Wildman–Crippen MR) is 83.9 cm³/mol. The van der Waals surface area contributed by atoms with Crippen LogP contribution in [0.4, 0.5) is 5.69 Å². The van der Waals surface area contributed by atoms with Gasteiger partial charge < -0.3 is 4.90 Å².